The Morgan fingerprint density at radius 3 is 2.94 bits per heavy atom. The van der Waals surface area contributed by atoms with Gasteiger partial charge in [-0.1, -0.05) is 29.8 Å². The summed E-state index contributed by atoms with van der Waals surface area (Å²) in [4.78, 5) is 0. The van der Waals surface area contributed by atoms with E-state index in [4.69, 9.17) is 11.6 Å². The van der Waals surface area contributed by atoms with Crippen molar-refractivity contribution < 1.29 is 4.39 Å². The highest BCUT2D eigenvalue weighted by molar-refractivity contribution is 6.30. The van der Waals surface area contributed by atoms with Gasteiger partial charge in [0.2, 0.25) is 0 Å². The summed E-state index contributed by atoms with van der Waals surface area (Å²) in [6, 6.07) is 4.83. The Labute approximate surface area is 107 Å². The maximum absolute atomic E-state index is 13.5. The van der Waals surface area contributed by atoms with E-state index in [1.165, 1.54) is 18.9 Å². The van der Waals surface area contributed by atoms with Crippen molar-refractivity contribution in [3.63, 3.8) is 0 Å². The predicted molar refractivity (Wildman–Crippen MR) is 69.6 cm³/mol. The van der Waals surface area contributed by atoms with Crippen molar-refractivity contribution >= 4 is 11.6 Å². The molecule has 2 rings (SSSR count). The van der Waals surface area contributed by atoms with E-state index in [1.807, 2.05) is 0 Å². The third-order valence-electron chi connectivity index (χ3n) is 3.14. The molecule has 0 spiro atoms. The molecular formula is C14H17ClFN. The van der Waals surface area contributed by atoms with Crippen LogP contribution in [0, 0.1) is 11.7 Å². The van der Waals surface area contributed by atoms with Crippen molar-refractivity contribution in [1.82, 2.24) is 5.32 Å². The fraction of sp³-hybridized carbons (Fsp3) is 0.429. The molecule has 1 atom stereocenters. The molecule has 17 heavy (non-hydrogen) atoms. The summed E-state index contributed by atoms with van der Waals surface area (Å²) in [5.41, 5.74) is 0.681. The van der Waals surface area contributed by atoms with Crippen LogP contribution in [0.15, 0.2) is 30.4 Å². The van der Waals surface area contributed by atoms with Crippen LogP contribution in [-0.4, -0.2) is 6.54 Å². The lowest BCUT2D eigenvalue weighted by atomic mass is 9.94. The SMILES string of the molecule is Fc1cc(Cl)ccc1CNCC1CC=CCC1. The Kier molecular flexibility index (Phi) is 4.57. The molecule has 1 unspecified atom stereocenters. The first kappa shape index (κ1) is 12.6. The molecule has 1 aromatic carbocycles. The number of hydrogen-bond acceptors (Lipinski definition) is 1. The zero-order chi connectivity index (χ0) is 12.1. The highest BCUT2D eigenvalue weighted by Gasteiger charge is 2.09. The van der Waals surface area contributed by atoms with Crippen LogP contribution in [0.3, 0.4) is 0 Å². The molecular weight excluding hydrogens is 237 g/mol. The van der Waals surface area contributed by atoms with Crippen molar-refractivity contribution in [2.45, 2.75) is 25.8 Å². The van der Waals surface area contributed by atoms with E-state index in [0.29, 0.717) is 23.0 Å². The predicted octanol–water partition coefficient (Wildman–Crippen LogP) is 3.93. The second kappa shape index (κ2) is 6.18. The van der Waals surface area contributed by atoms with E-state index in [9.17, 15) is 4.39 Å². The minimum absolute atomic E-state index is 0.228. The zero-order valence-electron chi connectivity index (χ0n) is 9.76. The van der Waals surface area contributed by atoms with Crippen LogP contribution < -0.4 is 5.32 Å². The summed E-state index contributed by atoms with van der Waals surface area (Å²) in [6.45, 7) is 1.52. The fourth-order valence-corrected chi connectivity index (χ4v) is 2.28. The van der Waals surface area contributed by atoms with Crippen LogP contribution in [0.4, 0.5) is 4.39 Å². The average molecular weight is 254 g/mol. The summed E-state index contributed by atoms with van der Waals surface area (Å²) in [6.07, 6.45) is 8.00. The quantitative estimate of drug-likeness (QED) is 0.802. The number of halogens is 2. The van der Waals surface area contributed by atoms with Gasteiger partial charge in [-0.05, 0) is 43.9 Å². The average Bonchev–Trinajstić information content (AvgIpc) is 2.33. The Bertz CT molecular complexity index is 403. The Morgan fingerprint density at radius 2 is 2.24 bits per heavy atom. The van der Waals surface area contributed by atoms with Gasteiger partial charge < -0.3 is 5.32 Å². The fourth-order valence-electron chi connectivity index (χ4n) is 2.12. The summed E-state index contributed by atoms with van der Waals surface area (Å²) in [5, 5.41) is 3.76. The van der Waals surface area contributed by atoms with Crippen LogP contribution >= 0.6 is 11.6 Å². The number of hydrogen-bond donors (Lipinski definition) is 1. The molecule has 1 aliphatic rings. The molecule has 0 amide bonds. The Balaban J connectivity index is 1.79. The summed E-state index contributed by atoms with van der Waals surface area (Å²) >= 11 is 5.70. The minimum Gasteiger partial charge on any atom is -0.312 e. The Hall–Kier alpha value is -0.860. The normalized spacial score (nSPS) is 19.5. The topological polar surface area (TPSA) is 12.0 Å². The molecule has 1 nitrogen and oxygen atoms in total. The monoisotopic (exact) mass is 253 g/mol. The second-order valence-electron chi connectivity index (χ2n) is 4.52. The molecule has 0 bridgehead atoms. The summed E-state index contributed by atoms with van der Waals surface area (Å²) in [7, 11) is 0. The first-order chi connectivity index (χ1) is 8.25. The third-order valence-corrected chi connectivity index (χ3v) is 3.38. The van der Waals surface area contributed by atoms with Crippen molar-refractivity contribution in [2.24, 2.45) is 5.92 Å². The van der Waals surface area contributed by atoms with E-state index in [2.05, 4.69) is 17.5 Å². The van der Waals surface area contributed by atoms with Gasteiger partial charge in [-0.25, -0.2) is 4.39 Å². The number of rotatable bonds is 4. The molecule has 0 heterocycles. The highest BCUT2D eigenvalue weighted by atomic mass is 35.5. The standard InChI is InChI=1S/C14H17ClFN/c15-13-7-6-12(14(16)8-13)10-17-9-11-4-2-1-3-5-11/h1-2,6-8,11,17H,3-5,9-10H2. The van der Waals surface area contributed by atoms with Crippen LogP contribution in [0.5, 0.6) is 0 Å². The van der Waals surface area contributed by atoms with E-state index in [-0.39, 0.29) is 5.82 Å². The zero-order valence-corrected chi connectivity index (χ0v) is 10.5. The van der Waals surface area contributed by atoms with Gasteiger partial charge in [0.15, 0.2) is 0 Å². The van der Waals surface area contributed by atoms with Crippen molar-refractivity contribution in [3.05, 3.63) is 46.8 Å². The summed E-state index contributed by atoms with van der Waals surface area (Å²) < 4.78 is 13.5. The van der Waals surface area contributed by atoms with Gasteiger partial charge in [0.1, 0.15) is 5.82 Å². The van der Waals surface area contributed by atoms with Crippen molar-refractivity contribution in [2.75, 3.05) is 6.54 Å². The summed E-state index contributed by atoms with van der Waals surface area (Å²) in [5.74, 6) is 0.462. The van der Waals surface area contributed by atoms with Gasteiger partial charge in [-0.3, -0.25) is 0 Å². The maximum Gasteiger partial charge on any atom is 0.129 e. The molecule has 3 heteroatoms. The molecule has 1 N–H and O–H groups in total. The number of nitrogens with one attached hydrogen (secondary N) is 1. The molecule has 0 aliphatic heterocycles. The smallest absolute Gasteiger partial charge is 0.129 e. The largest absolute Gasteiger partial charge is 0.312 e. The molecule has 0 radical (unpaired) electrons. The van der Waals surface area contributed by atoms with Gasteiger partial charge in [-0.2, -0.15) is 0 Å². The van der Waals surface area contributed by atoms with E-state index < -0.39 is 0 Å². The van der Waals surface area contributed by atoms with E-state index in [1.54, 1.807) is 12.1 Å². The minimum atomic E-state index is -0.228. The lowest BCUT2D eigenvalue weighted by molar-refractivity contribution is 0.437. The third kappa shape index (κ3) is 3.83. The highest BCUT2D eigenvalue weighted by Crippen LogP contribution is 2.18. The van der Waals surface area contributed by atoms with Gasteiger partial charge in [0.25, 0.3) is 0 Å². The molecule has 92 valence electrons. The van der Waals surface area contributed by atoms with Gasteiger partial charge >= 0.3 is 0 Å². The Morgan fingerprint density at radius 1 is 1.35 bits per heavy atom. The van der Waals surface area contributed by atoms with E-state index in [0.717, 1.165) is 13.0 Å². The van der Waals surface area contributed by atoms with Crippen molar-refractivity contribution in [3.8, 4) is 0 Å². The maximum atomic E-state index is 13.5. The molecule has 0 saturated heterocycles. The number of benzene rings is 1. The van der Waals surface area contributed by atoms with Crippen LogP contribution in [0.25, 0.3) is 0 Å². The van der Waals surface area contributed by atoms with Gasteiger partial charge in [-0.15, -0.1) is 0 Å². The van der Waals surface area contributed by atoms with E-state index >= 15 is 0 Å². The first-order valence-electron chi connectivity index (χ1n) is 6.05. The number of allylic oxidation sites excluding steroid dienone is 2. The van der Waals surface area contributed by atoms with Crippen LogP contribution in [0.2, 0.25) is 5.02 Å². The molecule has 1 aromatic rings. The second-order valence-corrected chi connectivity index (χ2v) is 4.95. The first-order valence-corrected chi connectivity index (χ1v) is 6.43. The van der Waals surface area contributed by atoms with Gasteiger partial charge in [0.05, 0.1) is 0 Å². The lowest BCUT2D eigenvalue weighted by Crippen LogP contribution is -2.23. The molecule has 1 aliphatic carbocycles. The molecule has 0 aromatic heterocycles. The molecule has 0 saturated carbocycles. The van der Waals surface area contributed by atoms with Crippen LogP contribution in [0.1, 0.15) is 24.8 Å². The lowest BCUT2D eigenvalue weighted by Gasteiger charge is -2.18. The van der Waals surface area contributed by atoms with Crippen LogP contribution in [-0.2, 0) is 6.54 Å². The molecule has 0 fully saturated rings. The van der Waals surface area contributed by atoms with Gasteiger partial charge in [0, 0.05) is 17.1 Å². The van der Waals surface area contributed by atoms with Crippen molar-refractivity contribution in [1.29, 1.82) is 0 Å².